The smallest absolute Gasteiger partial charge is 0.160 e. The molecule has 0 atom stereocenters. The molecule has 0 aliphatic rings. The molecule has 0 N–H and O–H groups in total. The summed E-state index contributed by atoms with van der Waals surface area (Å²) in [4.78, 5) is 4.57. The van der Waals surface area contributed by atoms with Gasteiger partial charge in [-0.3, -0.25) is 0 Å². The van der Waals surface area contributed by atoms with E-state index in [2.05, 4.69) is 46.4 Å². The molecule has 0 unspecified atom stereocenters. The lowest BCUT2D eigenvalue weighted by Crippen LogP contribution is -2.23. The van der Waals surface area contributed by atoms with Crippen LogP contribution in [0.1, 0.15) is 12.0 Å². The highest BCUT2D eigenvalue weighted by Crippen LogP contribution is 2.33. The molecule has 0 amide bonds. The number of methoxy groups -OCH3 is 2. The maximum absolute atomic E-state index is 5.96. The predicted molar refractivity (Wildman–Crippen MR) is 141 cm³/mol. The first-order valence-electron chi connectivity index (χ1n) is 11.7. The van der Waals surface area contributed by atoms with E-state index in [0.29, 0.717) is 6.61 Å². The van der Waals surface area contributed by atoms with Crippen LogP contribution in [0.5, 0.6) is 17.2 Å². The molecule has 0 fully saturated rings. The van der Waals surface area contributed by atoms with Crippen LogP contribution in [0.2, 0.25) is 0 Å². The van der Waals surface area contributed by atoms with Crippen molar-refractivity contribution in [3.8, 4) is 17.2 Å². The van der Waals surface area contributed by atoms with Crippen molar-refractivity contribution in [2.24, 2.45) is 0 Å². The van der Waals surface area contributed by atoms with Gasteiger partial charge in [-0.15, -0.1) is 0 Å². The molecule has 3 aromatic carbocycles. The largest absolute Gasteiger partial charge is 0.494 e. The number of hydrogen-bond donors (Lipinski definition) is 0. The first kappa shape index (κ1) is 24.8. The Morgan fingerprint density at radius 1 is 0.886 bits per heavy atom. The van der Waals surface area contributed by atoms with Crippen molar-refractivity contribution >= 4 is 22.7 Å². The summed E-state index contributed by atoms with van der Waals surface area (Å²) in [7, 11) is 5.47. The molecular formula is C28H31N3O3S. The summed E-state index contributed by atoms with van der Waals surface area (Å²) >= 11 is 1.69. The number of likely N-dealkylation sites (N-methyl/N-ethyl adjacent to an activating group) is 1. The fraction of sp³-hybridized carbons (Fsp3) is 0.286. The molecule has 0 spiro atoms. The molecule has 0 saturated carbocycles. The van der Waals surface area contributed by atoms with Gasteiger partial charge in [0.1, 0.15) is 5.75 Å². The zero-order chi connectivity index (χ0) is 24.5. The van der Waals surface area contributed by atoms with Crippen LogP contribution in [0.4, 0.5) is 0 Å². The Bertz CT molecular complexity index is 1230. The molecule has 0 aliphatic heterocycles. The highest BCUT2D eigenvalue weighted by molar-refractivity contribution is 7.99. The van der Waals surface area contributed by atoms with Crippen molar-refractivity contribution in [3.05, 3.63) is 78.5 Å². The second kappa shape index (κ2) is 12.4. The van der Waals surface area contributed by atoms with E-state index >= 15 is 0 Å². The molecule has 0 aliphatic carbocycles. The molecule has 182 valence electrons. The number of benzene rings is 3. The number of nitrogens with zero attached hydrogens (tertiary/aromatic N) is 3. The fourth-order valence-electron chi connectivity index (χ4n) is 3.79. The van der Waals surface area contributed by atoms with Crippen molar-refractivity contribution in [1.82, 2.24) is 15.1 Å². The minimum Gasteiger partial charge on any atom is -0.494 e. The second-order valence-electron chi connectivity index (χ2n) is 8.24. The van der Waals surface area contributed by atoms with Crippen molar-refractivity contribution in [2.75, 3.05) is 41.0 Å². The number of aromatic nitrogens is 2. The number of rotatable bonds is 12. The summed E-state index contributed by atoms with van der Waals surface area (Å²) in [5.74, 6) is 2.42. The normalized spacial score (nSPS) is 11.1. The third-order valence-electron chi connectivity index (χ3n) is 5.74. The zero-order valence-corrected chi connectivity index (χ0v) is 21.3. The molecule has 35 heavy (non-hydrogen) atoms. The molecule has 4 rings (SSSR count). The van der Waals surface area contributed by atoms with E-state index in [4.69, 9.17) is 14.2 Å². The minimum atomic E-state index is 0.687. The van der Waals surface area contributed by atoms with Crippen LogP contribution in [0.15, 0.2) is 82.7 Å². The van der Waals surface area contributed by atoms with Crippen LogP contribution in [0, 0.1) is 0 Å². The number of fused-ring (bicyclic) bond motifs is 1. The Labute approximate surface area is 211 Å². The maximum atomic E-state index is 5.96. The Balaban J connectivity index is 1.19. The zero-order valence-electron chi connectivity index (χ0n) is 20.4. The summed E-state index contributed by atoms with van der Waals surface area (Å²) in [5.41, 5.74) is 2.14. The molecule has 1 aromatic heterocycles. The lowest BCUT2D eigenvalue weighted by molar-refractivity contribution is 0.264. The molecule has 7 heteroatoms. The third-order valence-corrected chi connectivity index (χ3v) is 6.80. The summed E-state index contributed by atoms with van der Waals surface area (Å²) < 4.78 is 16.7. The van der Waals surface area contributed by atoms with Crippen LogP contribution in [0.25, 0.3) is 10.9 Å². The van der Waals surface area contributed by atoms with Gasteiger partial charge in [0.25, 0.3) is 0 Å². The molecule has 0 saturated heterocycles. The SMILES string of the molecule is COc1ccc(CCN(C)CCCOc2ccc(Sc3cnnc4ccccc34)cc2)cc1OC. The van der Waals surface area contributed by atoms with E-state index in [-0.39, 0.29) is 0 Å². The van der Waals surface area contributed by atoms with Crippen molar-refractivity contribution in [1.29, 1.82) is 0 Å². The number of ether oxygens (including phenoxy) is 3. The minimum absolute atomic E-state index is 0.687. The van der Waals surface area contributed by atoms with Crippen LogP contribution >= 0.6 is 11.8 Å². The third kappa shape index (κ3) is 6.87. The van der Waals surface area contributed by atoms with E-state index in [9.17, 15) is 0 Å². The van der Waals surface area contributed by atoms with Crippen LogP contribution in [0.3, 0.4) is 0 Å². The van der Waals surface area contributed by atoms with Crippen LogP contribution in [-0.4, -0.2) is 56.1 Å². The molecule has 0 radical (unpaired) electrons. The average Bonchev–Trinajstić information content (AvgIpc) is 2.91. The van der Waals surface area contributed by atoms with E-state index in [1.807, 2.05) is 48.7 Å². The van der Waals surface area contributed by atoms with Crippen molar-refractivity contribution < 1.29 is 14.2 Å². The Morgan fingerprint density at radius 2 is 1.69 bits per heavy atom. The summed E-state index contributed by atoms with van der Waals surface area (Å²) in [6, 6.07) is 22.4. The lowest BCUT2D eigenvalue weighted by Gasteiger charge is -2.17. The van der Waals surface area contributed by atoms with Gasteiger partial charge in [-0.2, -0.15) is 10.2 Å². The van der Waals surface area contributed by atoms with Gasteiger partial charge >= 0.3 is 0 Å². The average molecular weight is 490 g/mol. The summed E-state index contributed by atoms with van der Waals surface area (Å²) in [5, 5.41) is 9.44. The highest BCUT2D eigenvalue weighted by atomic mass is 32.2. The molecule has 0 bridgehead atoms. The van der Waals surface area contributed by atoms with Gasteiger partial charge in [0, 0.05) is 28.3 Å². The van der Waals surface area contributed by atoms with Crippen LogP contribution in [-0.2, 0) is 6.42 Å². The number of hydrogen-bond acceptors (Lipinski definition) is 7. The molecule has 1 heterocycles. The van der Waals surface area contributed by atoms with Crippen LogP contribution < -0.4 is 14.2 Å². The fourth-order valence-corrected chi connectivity index (χ4v) is 4.70. The summed E-state index contributed by atoms with van der Waals surface area (Å²) in [6.45, 7) is 2.63. The molecule has 6 nitrogen and oxygen atoms in total. The Kier molecular flexibility index (Phi) is 8.81. The Morgan fingerprint density at radius 3 is 2.49 bits per heavy atom. The van der Waals surface area contributed by atoms with Crippen molar-refractivity contribution in [2.45, 2.75) is 22.6 Å². The van der Waals surface area contributed by atoms with Crippen molar-refractivity contribution in [3.63, 3.8) is 0 Å². The highest BCUT2D eigenvalue weighted by Gasteiger charge is 2.07. The molecular weight excluding hydrogens is 458 g/mol. The van der Waals surface area contributed by atoms with Gasteiger partial charge in [0.05, 0.1) is 32.5 Å². The topological polar surface area (TPSA) is 56.7 Å². The van der Waals surface area contributed by atoms with Gasteiger partial charge in [-0.05, 0) is 67.9 Å². The van der Waals surface area contributed by atoms with E-state index in [1.54, 1.807) is 26.0 Å². The predicted octanol–water partition coefficient (Wildman–Crippen LogP) is 5.74. The standard InChI is InChI=1S/C28H31N3O3S/c1-31(17-15-21-9-14-26(32-2)27(19-21)33-3)16-6-18-34-22-10-12-23(13-11-22)35-28-20-29-30-25-8-5-4-7-24(25)28/h4-5,7-14,19-20H,6,15-18H2,1-3H3. The van der Waals surface area contributed by atoms with E-state index in [1.165, 1.54) is 5.56 Å². The lowest BCUT2D eigenvalue weighted by atomic mass is 10.1. The quantitative estimate of drug-likeness (QED) is 0.235. The molecule has 4 aromatic rings. The summed E-state index contributed by atoms with van der Waals surface area (Å²) in [6.07, 6.45) is 3.74. The maximum Gasteiger partial charge on any atom is 0.160 e. The van der Waals surface area contributed by atoms with Gasteiger partial charge in [-0.1, -0.05) is 36.0 Å². The van der Waals surface area contributed by atoms with Gasteiger partial charge in [-0.25, -0.2) is 0 Å². The van der Waals surface area contributed by atoms with E-state index < -0.39 is 0 Å². The Hall–Kier alpha value is -3.29. The van der Waals surface area contributed by atoms with Gasteiger partial charge < -0.3 is 19.1 Å². The second-order valence-corrected chi connectivity index (χ2v) is 9.36. The monoisotopic (exact) mass is 489 g/mol. The van der Waals surface area contributed by atoms with Gasteiger partial charge in [0.15, 0.2) is 11.5 Å². The van der Waals surface area contributed by atoms with Gasteiger partial charge in [0.2, 0.25) is 0 Å². The van der Waals surface area contributed by atoms with E-state index in [0.717, 1.165) is 63.9 Å². The first-order chi connectivity index (χ1) is 17.2. The first-order valence-corrected chi connectivity index (χ1v) is 12.5.